The van der Waals surface area contributed by atoms with Crippen LogP contribution >= 0.6 is 11.6 Å². The van der Waals surface area contributed by atoms with Crippen molar-refractivity contribution in [2.75, 3.05) is 13.1 Å². The number of amides is 1. The number of hydrogen-bond donors (Lipinski definition) is 1. The van der Waals surface area contributed by atoms with E-state index < -0.39 is 11.9 Å². The molecule has 1 aromatic carbocycles. The molecule has 0 aromatic heterocycles. The summed E-state index contributed by atoms with van der Waals surface area (Å²) in [5.74, 6) is -1.13. The predicted molar refractivity (Wildman–Crippen MR) is 83.5 cm³/mol. The van der Waals surface area contributed by atoms with Crippen molar-refractivity contribution < 1.29 is 19.4 Å². The summed E-state index contributed by atoms with van der Waals surface area (Å²) in [4.78, 5) is 25.4. The highest BCUT2D eigenvalue weighted by Crippen LogP contribution is 2.27. The maximum atomic E-state index is 12.7. The molecule has 0 saturated carbocycles. The summed E-state index contributed by atoms with van der Waals surface area (Å²) in [6.07, 6.45) is 1.22. The number of likely N-dealkylation sites (tertiary alicyclic amines) is 1. The van der Waals surface area contributed by atoms with Crippen LogP contribution in [0.5, 0.6) is 5.75 Å². The fourth-order valence-corrected chi connectivity index (χ4v) is 2.73. The standard InChI is InChI=1S/C16H20ClNO4/c1-10(2)22-14-6-5-12(17)8-13(14)15(19)18-7-3-4-11(9-18)16(20)21/h5-6,8,10-11H,3-4,7,9H2,1-2H3,(H,20,21). The third-order valence-electron chi connectivity index (χ3n) is 3.59. The number of piperidine rings is 1. The zero-order valence-electron chi connectivity index (χ0n) is 12.7. The van der Waals surface area contributed by atoms with E-state index in [0.29, 0.717) is 35.7 Å². The highest BCUT2D eigenvalue weighted by atomic mass is 35.5. The van der Waals surface area contributed by atoms with Gasteiger partial charge in [0.15, 0.2) is 0 Å². The third-order valence-corrected chi connectivity index (χ3v) is 3.83. The van der Waals surface area contributed by atoms with Gasteiger partial charge in [0, 0.05) is 18.1 Å². The summed E-state index contributed by atoms with van der Waals surface area (Å²) in [6, 6.07) is 4.92. The monoisotopic (exact) mass is 325 g/mol. The van der Waals surface area contributed by atoms with Crippen LogP contribution in [0.15, 0.2) is 18.2 Å². The number of aliphatic carboxylic acids is 1. The summed E-state index contributed by atoms with van der Waals surface area (Å²) in [5, 5.41) is 9.59. The Morgan fingerprint density at radius 1 is 1.41 bits per heavy atom. The van der Waals surface area contributed by atoms with Crippen molar-refractivity contribution in [3.63, 3.8) is 0 Å². The van der Waals surface area contributed by atoms with Crippen LogP contribution in [0.3, 0.4) is 0 Å². The van der Waals surface area contributed by atoms with E-state index in [4.69, 9.17) is 21.4 Å². The Kier molecular flexibility index (Phi) is 5.29. The van der Waals surface area contributed by atoms with Gasteiger partial charge in [-0.2, -0.15) is 0 Å². The normalized spacial score (nSPS) is 18.4. The van der Waals surface area contributed by atoms with E-state index in [1.54, 1.807) is 23.1 Å². The summed E-state index contributed by atoms with van der Waals surface area (Å²) in [7, 11) is 0. The molecular weight excluding hydrogens is 306 g/mol. The molecule has 0 radical (unpaired) electrons. The van der Waals surface area contributed by atoms with Gasteiger partial charge in [-0.3, -0.25) is 9.59 Å². The predicted octanol–water partition coefficient (Wildman–Crippen LogP) is 3.06. The van der Waals surface area contributed by atoms with Crippen LogP contribution in [0.25, 0.3) is 0 Å². The van der Waals surface area contributed by atoms with Crippen molar-refractivity contribution in [1.82, 2.24) is 4.90 Å². The number of hydrogen-bond acceptors (Lipinski definition) is 3. The summed E-state index contributed by atoms with van der Waals surface area (Å²) >= 11 is 6.00. The molecule has 1 saturated heterocycles. The first kappa shape index (κ1) is 16.6. The minimum atomic E-state index is -0.859. The molecular formula is C16H20ClNO4. The Morgan fingerprint density at radius 2 is 2.14 bits per heavy atom. The van der Waals surface area contributed by atoms with E-state index in [9.17, 15) is 9.59 Å². The Hall–Kier alpha value is -1.75. The van der Waals surface area contributed by atoms with Gasteiger partial charge in [-0.1, -0.05) is 11.6 Å². The fraction of sp³-hybridized carbons (Fsp3) is 0.500. The maximum absolute atomic E-state index is 12.7. The second-order valence-electron chi connectivity index (χ2n) is 5.74. The van der Waals surface area contributed by atoms with E-state index in [-0.39, 0.29) is 18.6 Å². The van der Waals surface area contributed by atoms with Crippen LogP contribution in [-0.2, 0) is 4.79 Å². The van der Waals surface area contributed by atoms with Crippen molar-refractivity contribution in [1.29, 1.82) is 0 Å². The Labute approximate surface area is 134 Å². The van der Waals surface area contributed by atoms with E-state index in [1.165, 1.54) is 0 Å². The molecule has 1 heterocycles. The molecule has 1 aromatic rings. The molecule has 0 spiro atoms. The molecule has 1 aliphatic heterocycles. The smallest absolute Gasteiger partial charge is 0.308 e. The molecule has 0 bridgehead atoms. The van der Waals surface area contributed by atoms with Crippen LogP contribution in [0, 0.1) is 5.92 Å². The number of nitrogens with zero attached hydrogens (tertiary/aromatic N) is 1. The molecule has 2 rings (SSSR count). The lowest BCUT2D eigenvalue weighted by atomic mass is 9.97. The second-order valence-corrected chi connectivity index (χ2v) is 6.17. The number of carbonyl (C=O) groups excluding carboxylic acids is 1. The van der Waals surface area contributed by atoms with Gasteiger partial charge in [0.25, 0.3) is 5.91 Å². The Balaban J connectivity index is 2.24. The molecule has 5 nitrogen and oxygen atoms in total. The van der Waals surface area contributed by atoms with Gasteiger partial charge in [0.1, 0.15) is 5.75 Å². The van der Waals surface area contributed by atoms with Crippen molar-refractivity contribution in [3.8, 4) is 5.75 Å². The first-order valence-electron chi connectivity index (χ1n) is 7.36. The first-order chi connectivity index (χ1) is 10.4. The van der Waals surface area contributed by atoms with Crippen molar-refractivity contribution in [3.05, 3.63) is 28.8 Å². The number of carboxylic acid groups (broad SMARTS) is 1. The van der Waals surface area contributed by atoms with E-state index in [2.05, 4.69) is 0 Å². The quantitative estimate of drug-likeness (QED) is 0.924. The van der Waals surface area contributed by atoms with Gasteiger partial charge in [-0.15, -0.1) is 0 Å². The van der Waals surface area contributed by atoms with Crippen molar-refractivity contribution in [2.24, 2.45) is 5.92 Å². The van der Waals surface area contributed by atoms with Gasteiger partial charge in [0.05, 0.1) is 17.6 Å². The molecule has 120 valence electrons. The molecule has 1 fully saturated rings. The van der Waals surface area contributed by atoms with Gasteiger partial charge in [-0.05, 0) is 44.9 Å². The number of rotatable bonds is 4. The van der Waals surface area contributed by atoms with Gasteiger partial charge in [-0.25, -0.2) is 0 Å². The molecule has 1 amide bonds. The minimum absolute atomic E-state index is 0.0687. The van der Waals surface area contributed by atoms with E-state index >= 15 is 0 Å². The number of benzene rings is 1. The van der Waals surface area contributed by atoms with Crippen LogP contribution in [0.4, 0.5) is 0 Å². The molecule has 1 aliphatic rings. The van der Waals surface area contributed by atoms with Crippen molar-refractivity contribution in [2.45, 2.75) is 32.8 Å². The van der Waals surface area contributed by atoms with Crippen LogP contribution in [-0.4, -0.2) is 41.1 Å². The summed E-state index contributed by atoms with van der Waals surface area (Å²) in [5.41, 5.74) is 0.382. The van der Waals surface area contributed by atoms with Gasteiger partial charge >= 0.3 is 5.97 Å². The number of carbonyl (C=O) groups is 2. The lowest BCUT2D eigenvalue weighted by Gasteiger charge is -2.31. The lowest BCUT2D eigenvalue weighted by Crippen LogP contribution is -2.42. The SMILES string of the molecule is CC(C)Oc1ccc(Cl)cc1C(=O)N1CCCC(C(=O)O)C1. The van der Waals surface area contributed by atoms with Crippen LogP contribution in [0.1, 0.15) is 37.0 Å². The highest BCUT2D eigenvalue weighted by molar-refractivity contribution is 6.31. The average molecular weight is 326 g/mol. The Bertz CT molecular complexity index is 573. The maximum Gasteiger partial charge on any atom is 0.308 e. The number of carboxylic acids is 1. The van der Waals surface area contributed by atoms with Crippen LogP contribution < -0.4 is 4.74 Å². The molecule has 22 heavy (non-hydrogen) atoms. The van der Waals surface area contributed by atoms with Crippen LogP contribution in [0.2, 0.25) is 5.02 Å². The van der Waals surface area contributed by atoms with E-state index in [1.807, 2.05) is 13.8 Å². The van der Waals surface area contributed by atoms with E-state index in [0.717, 1.165) is 0 Å². The fourth-order valence-electron chi connectivity index (χ4n) is 2.56. The Morgan fingerprint density at radius 3 is 2.77 bits per heavy atom. The molecule has 6 heteroatoms. The lowest BCUT2D eigenvalue weighted by molar-refractivity contribution is -0.143. The number of ether oxygens (including phenoxy) is 1. The first-order valence-corrected chi connectivity index (χ1v) is 7.74. The summed E-state index contributed by atoms with van der Waals surface area (Å²) < 4.78 is 5.66. The topological polar surface area (TPSA) is 66.8 Å². The zero-order valence-corrected chi connectivity index (χ0v) is 13.5. The average Bonchev–Trinajstić information content (AvgIpc) is 2.48. The third kappa shape index (κ3) is 3.91. The highest BCUT2D eigenvalue weighted by Gasteiger charge is 2.30. The largest absolute Gasteiger partial charge is 0.490 e. The van der Waals surface area contributed by atoms with Gasteiger partial charge < -0.3 is 14.7 Å². The number of halogens is 1. The summed E-state index contributed by atoms with van der Waals surface area (Å²) in [6.45, 7) is 4.53. The molecule has 1 atom stereocenters. The second kappa shape index (κ2) is 7.01. The van der Waals surface area contributed by atoms with Crippen molar-refractivity contribution >= 4 is 23.5 Å². The molecule has 1 N–H and O–H groups in total. The molecule has 0 aliphatic carbocycles. The zero-order chi connectivity index (χ0) is 16.3. The molecule has 1 unspecified atom stereocenters. The minimum Gasteiger partial charge on any atom is -0.490 e. The van der Waals surface area contributed by atoms with Gasteiger partial charge in [0.2, 0.25) is 0 Å².